The lowest BCUT2D eigenvalue weighted by Crippen LogP contribution is -2.51. The summed E-state index contributed by atoms with van der Waals surface area (Å²) in [6.45, 7) is 3.39. The molecule has 0 spiro atoms. The minimum atomic E-state index is -3.95. The van der Waals surface area contributed by atoms with Gasteiger partial charge in [0.05, 0.1) is 5.57 Å². The van der Waals surface area contributed by atoms with Gasteiger partial charge in [-0.25, -0.2) is 0 Å². The zero-order valence-corrected chi connectivity index (χ0v) is 16.3. The number of benzene rings is 1. The molecule has 0 aliphatic carbocycles. The molecule has 0 radical (unpaired) electrons. The van der Waals surface area contributed by atoms with Crippen LogP contribution >= 0.6 is 0 Å². The average molecular weight is 375 g/mol. The molecule has 0 fully saturated rings. The van der Waals surface area contributed by atoms with Crippen LogP contribution in [0.3, 0.4) is 0 Å². The minimum Gasteiger partial charge on any atom is -0.393 e. The lowest BCUT2D eigenvalue weighted by Gasteiger charge is -2.34. The van der Waals surface area contributed by atoms with E-state index in [0.29, 0.717) is 22.8 Å². The Hall–Kier alpha value is -3.02. The molecule has 0 saturated heterocycles. The molecule has 6 heteroatoms. The molecule has 28 heavy (non-hydrogen) atoms. The quantitative estimate of drug-likeness (QED) is 0.544. The maximum Gasteiger partial charge on any atom is 0.737 e. The van der Waals surface area contributed by atoms with Crippen molar-refractivity contribution < 1.29 is 13.1 Å². The molecular formula is C22H20BF2N3. The molecule has 3 nitrogen and oxygen atoms in total. The van der Waals surface area contributed by atoms with Crippen LogP contribution < -0.4 is 0 Å². The summed E-state index contributed by atoms with van der Waals surface area (Å²) >= 11 is 0. The molecular weight excluding hydrogens is 355 g/mol. The molecule has 0 saturated carbocycles. The fraction of sp³-hybridized carbons (Fsp3) is 0.182. The largest absolute Gasteiger partial charge is 0.737 e. The van der Waals surface area contributed by atoms with Crippen molar-refractivity contribution in [3.05, 3.63) is 82.6 Å². The lowest BCUT2D eigenvalue weighted by atomic mass is 9.83. The SMILES string of the molecule is CC1=CC(C)=[N+]2C1=C(c1cccc3cnccc13)c1c(C)cc(C)n1[B-]2(F)F. The Bertz CT molecular complexity index is 1270. The number of hydrogen-bond donors (Lipinski definition) is 0. The lowest BCUT2D eigenvalue weighted by molar-refractivity contribution is -0.363. The van der Waals surface area contributed by atoms with Gasteiger partial charge in [0.15, 0.2) is 5.70 Å². The number of rotatable bonds is 1. The number of hydrogen-bond acceptors (Lipinski definition) is 1. The van der Waals surface area contributed by atoms with Crippen LogP contribution in [0.5, 0.6) is 0 Å². The second kappa shape index (κ2) is 5.50. The van der Waals surface area contributed by atoms with Crippen molar-refractivity contribution in [2.45, 2.75) is 27.7 Å². The van der Waals surface area contributed by atoms with Gasteiger partial charge in [0, 0.05) is 42.0 Å². The topological polar surface area (TPSA) is 20.8 Å². The standard InChI is InChI=1S/C22H20BF2N3/c1-13-10-15(3)27-21(13)20(19-7-5-6-17-12-26-9-8-18(17)19)22-14(2)11-16(4)28(22)23(27,24)25/h5-12H,1-4H3. The van der Waals surface area contributed by atoms with Crippen molar-refractivity contribution in [3.8, 4) is 0 Å². The van der Waals surface area contributed by atoms with Gasteiger partial charge in [-0.05, 0) is 55.1 Å². The Morgan fingerprint density at radius 1 is 1.07 bits per heavy atom. The van der Waals surface area contributed by atoms with Gasteiger partial charge in [-0.15, -0.1) is 0 Å². The minimum absolute atomic E-state index is 0.577. The molecule has 0 amide bonds. The van der Waals surface area contributed by atoms with E-state index in [1.54, 1.807) is 20.0 Å². The Labute approximate surface area is 162 Å². The van der Waals surface area contributed by atoms with Crippen molar-refractivity contribution in [2.75, 3.05) is 0 Å². The molecule has 0 N–H and O–H groups in total. The van der Waals surface area contributed by atoms with E-state index in [-0.39, 0.29) is 0 Å². The van der Waals surface area contributed by atoms with Gasteiger partial charge in [0.2, 0.25) is 0 Å². The van der Waals surface area contributed by atoms with Crippen molar-refractivity contribution in [3.63, 3.8) is 0 Å². The third-order valence-corrected chi connectivity index (χ3v) is 5.88. The van der Waals surface area contributed by atoms with Gasteiger partial charge in [-0.3, -0.25) is 4.98 Å². The summed E-state index contributed by atoms with van der Waals surface area (Å²) in [4.78, 5) is 4.22. The second-order valence-corrected chi connectivity index (χ2v) is 7.74. The second-order valence-electron chi connectivity index (χ2n) is 7.74. The van der Waals surface area contributed by atoms with Crippen LogP contribution in [0.4, 0.5) is 8.63 Å². The molecule has 1 aromatic carbocycles. The first kappa shape index (κ1) is 17.1. The number of pyridine rings is 1. The van der Waals surface area contributed by atoms with Gasteiger partial charge in [0.25, 0.3) is 0 Å². The number of fused-ring (bicyclic) bond motifs is 3. The molecule has 4 heterocycles. The Morgan fingerprint density at radius 3 is 2.64 bits per heavy atom. The highest BCUT2D eigenvalue weighted by atomic mass is 19.2. The normalized spacial score (nSPS) is 17.9. The third-order valence-electron chi connectivity index (χ3n) is 5.88. The highest BCUT2D eigenvalue weighted by Gasteiger charge is 2.55. The van der Waals surface area contributed by atoms with E-state index < -0.39 is 6.97 Å². The van der Waals surface area contributed by atoms with Gasteiger partial charge in [-0.1, -0.05) is 18.2 Å². The molecule has 140 valence electrons. The van der Waals surface area contributed by atoms with E-state index in [4.69, 9.17) is 0 Å². The molecule has 0 atom stereocenters. The average Bonchev–Trinajstić information content (AvgIpc) is 3.12. The third kappa shape index (κ3) is 2.03. The first-order chi connectivity index (χ1) is 13.3. The van der Waals surface area contributed by atoms with Crippen molar-refractivity contribution in [1.29, 1.82) is 0 Å². The van der Waals surface area contributed by atoms with Gasteiger partial charge < -0.3 is 17.6 Å². The maximum absolute atomic E-state index is 15.7. The number of aryl methyl sites for hydroxylation is 2. The molecule has 0 bridgehead atoms. The highest BCUT2D eigenvalue weighted by molar-refractivity contribution is 6.58. The van der Waals surface area contributed by atoms with Crippen LogP contribution in [0.25, 0.3) is 16.3 Å². The predicted octanol–water partition coefficient (Wildman–Crippen LogP) is 5.08. The Balaban J connectivity index is 2.00. The number of nitrogens with zero attached hydrogens (tertiary/aromatic N) is 3. The highest BCUT2D eigenvalue weighted by Crippen LogP contribution is 2.45. The summed E-state index contributed by atoms with van der Waals surface area (Å²) in [6.07, 6.45) is 5.42. The molecule has 2 aliphatic rings. The summed E-state index contributed by atoms with van der Waals surface area (Å²) in [5, 5.41) is 2.01. The van der Waals surface area contributed by atoms with E-state index in [1.807, 2.05) is 56.5 Å². The number of allylic oxidation sites excluding steroid dienone is 2. The van der Waals surface area contributed by atoms with Crippen molar-refractivity contribution >= 4 is 29.0 Å². The van der Waals surface area contributed by atoms with Crippen LogP contribution in [0.2, 0.25) is 0 Å². The zero-order valence-electron chi connectivity index (χ0n) is 16.3. The van der Waals surface area contributed by atoms with Crippen LogP contribution in [0, 0.1) is 13.8 Å². The van der Waals surface area contributed by atoms with Gasteiger partial charge in [0.1, 0.15) is 5.71 Å². The first-order valence-corrected chi connectivity index (χ1v) is 9.42. The van der Waals surface area contributed by atoms with Gasteiger partial charge >= 0.3 is 6.97 Å². The predicted molar refractivity (Wildman–Crippen MR) is 110 cm³/mol. The molecule has 2 aromatic heterocycles. The summed E-state index contributed by atoms with van der Waals surface area (Å²) in [5.41, 5.74) is 5.92. The van der Waals surface area contributed by atoms with Crippen molar-refractivity contribution in [1.82, 2.24) is 9.46 Å². The van der Waals surface area contributed by atoms with Crippen molar-refractivity contribution in [2.24, 2.45) is 0 Å². The summed E-state index contributed by atoms with van der Waals surface area (Å²) in [7, 11) is 0. The molecule has 2 aliphatic heterocycles. The van der Waals surface area contributed by atoms with Crippen LogP contribution in [-0.2, 0) is 0 Å². The van der Waals surface area contributed by atoms with Gasteiger partial charge in [-0.2, -0.15) is 0 Å². The van der Waals surface area contributed by atoms with E-state index in [1.165, 1.54) is 8.96 Å². The smallest absolute Gasteiger partial charge is 0.393 e. The fourth-order valence-electron chi connectivity index (χ4n) is 4.89. The summed E-state index contributed by atoms with van der Waals surface area (Å²) < 4.78 is 33.9. The monoisotopic (exact) mass is 375 g/mol. The zero-order chi connectivity index (χ0) is 19.8. The van der Waals surface area contributed by atoms with E-state index in [9.17, 15) is 0 Å². The molecule has 0 unspecified atom stereocenters. The Morgan fingerprint density at radius 2 is 1.86 bits per heavy atom. The Kier molecular flexibility index (Phi) is 3.36. The maximum atomic E-state index is 15.7. The van der Waals surface area contributed by atoms with Crippen LogP contribution in [0.15, 0.2) is 60.1 Å². The summed E-state index contributed by atoms with van der Waals surface area (Å²) in [5.74, 6) is 0. The molecule has 3 aromatic rings. The fourth-order valence-corrected chi connectivity index (χ4v) is 4.89. The van der Waals surface area contributed by atoms with E-state index in [2.05, 4.69) is 4.98 Å². The number of aromatic nitrogens is 2. The van der Waals surface area contributed by atoms with E-state index in [0.717, 1.165) is 33.0 Å². The summed E-state index contributed by atoms with van der Waals surface area (Å²) in [6, 6.07) is 9.80. The number of halogens is 2. The molecule has 5 rings (SSSR count). The van der Waals surface area contributed by atoms with Crippen LogP contribution in [0.1, 0.15) is 36.4 Å². The van der Waals surface area contributed by atoms with E-state index >= 15 is 8.63 Å². The first-order valence-electron chi connectivity index (χ1n) is 9.42. The van der Waals surface area contributed by atoms with Crippen LogP contribution in [-0.4, -0.2) is 26.6 Å².